The molecule has 0 aliphatic heterocycles. The third-order valence-corrected chi connectivity index (χ3v) is 3.79. The van der Waals surface area contributed by atoms with Crippen LogP contribution in [-0.4, -0.2) is 19.1 Å². The molecule has 0 heterocycles. The monoisotopic (exact) mass is 329 g/mol. The number of halogens is 1. The summed E-state index contributed by atoms with van der Waals surface area (Å²) < 4.78 is 18.2. The van der Waals surface area contributed by atoms with Crippen LogP contribution in [0.5, 0.6) is 5.75 Å². The maximum atomic E-state index is 12.8. The number of hydrogen-bond acceptors (Lipinski definition) is 2. The van der Waals surface area contributed by atoms with Crippen molar-refractivity contribution in [3.8, 4) is 5.75 Å². The lowest BCUT2D eigenvalue weighted by Gasteiger charge is -2.09. The van der Waals surface area contributed by atoms with Gasteiger partial charge in [0, 0.05) is 6.42 Å². The minimum atomic E-state index is -0.294. The van der Waals surface area contributed by atoms with Gasteiger partial charge in [0.15, 0.2) is 0 Å². The Labute approximate surface area is 142 Å². The molecule has 2 rings (SSSR count). The highest BCUT2D eigenvalue weighted by Crippen LogP contribution is 2.15. The van der Waals surface area contributed by atoms with Crippen LogP contribution in [0.4, 0.5) is 4.39 Å². The SMILES string of the molecule is CC(C)c1ccc(CCC(=O)NCCOc2ccc(F)cc2)cc1. The standard InChI is InChI=1S/C20H24FNO2/c1-15(2)17-6-3-16(4-7-17)5-12-20(23)22-13-14-24-19-10-8-18(21)9-11-19/h3-4,6-11,15H,5,12-14H2,1-2H3,(H,22,23). The number of hydrogen-bond donors (Lipinski definition) is 1. The molecule has 0 aliphatic carbocycles. The zero-order chi connectivity index (χ0) is 17.4. The fourth-order valence-corrected chi connectivity index (χ4v) is 2.31. The Bertz CT molecular complexity index is 636. The molecule has 0 unspecified atom stereocenters. The van der Waals surface area contributed by atoms with Crippen LogP contribution < -0.4 is 10.1 Å². The summed E-state index contributed by atoms with van der Waals surface area (Å²) in [6.07, 6.45) is 1.18. The van der Waals surface area contributed by atoms with E-state index in [1.54, 1.807) is 12.1 Å². The molecule has 3 nitrogen and oxygen atoms in total. The van der Waals surface area contributed by atoms with Gasteiger partial charge in [0.25, 0.3) is 0 Å². The molecule has 4 heteroatoms. The lowest BCUT2D eigenvalue weighted by Crippen LogP contribution is -2.28. The molecule has 0 spiro atoms. The minimum absolute atomic E-state index is 0.00522. The summed E-state index contributed by atoms with van der Waals surface area (Å²) in [5.74, 6) is 0.821. The second kappa shape index (κ2) is 9.06. The van der Waals surface area contributed by atoms with Crippen molar-refractivity contribution in [2.24, 2.45) is 0 Å². The van der Waals surface area contributed by atoms with Gasteiger partial charge in [-0.1, -0.05) is 38.1 Å². The van der Waals surface area contributed by atoms with Gasteiger partial charge in [0.05, 0.1) is 6.54 Å². The van der Waals surface area contributed by atoms with Crippen LogP contribution in [0.1, 0.15) is 37.3 Å². The van der Waals surface area contributed by atoms with Crippen molar-refractivity contribution in [1.82, 2.24) is 5.32 Å². The van der Waals surface area contributed by atoms with E-state index in [-0.39, 0.29) is 11.7 Å². The molecule has 1 N–H and O–H groups in total. The maximum Gasteiger partial charge on any atom is 0.220 e. The Hall–Kier alpha value is -2.36. The number of carbonyl (C=O) groups is 1. The molecule has 2 aromatic rings. The maximum absolute atomic E-state index is 12.8. The summed E-state index contributed by atoms with van der Waals surface area (Å²) in [5, 5.41) is 2.83. The third kappa shape index (κ3) is 6.03. The van der Waals surface area contributed by atoms with E-state index in [9.17, 15) is 9.18 Å². The largest absolute Gasteiger partial charge is 0.492 e. The van der Waals surface area contributed by atoms with Gasteiger partial charge in [0.2, 0.25) is 5.91 Å². The van der Waals surface area contributed by atoms with Crippen molar-refractivity contribution in [3.63, 3.8) is 0 Å². The average Bonchev–Trinajstić information content (AvgIpc) is 2.59. The van der Waals surface area contributed by atoms with Gasteiger partial charge in [0.1, 0.15) is 18.2 Å². The lowest BCUT2D eigenvalue weighted by molar-refractivity contribution is -0.121. The van der Waals surface area contributed by atoms with E-state index in [0.29, 0.717) is 31.2 Å². The highest BCUT2D eigenvalue weighted by Gasteiger charge is 2.03. The van der Waals surface area contributed by atoms with Crippen LogP contribution in [0, 0.1) is 5.82 Å². The van der Waals surface area contributed by atoms with Crippen molar-refractivity contribution < 1.29 is 13.9 Å². The van der Waals surface area contributed by atoms with Gasteiger partial charge in [-0.25, -0.2) is 4.39 Å². The topological polar surface area (TPSA) is 38.3 Å². The third-order valence-electron chi connectivity index (χ3n) is 3.79. The normalized spacial score (nSPS) is 10.7. The van der Waals surface area contributed by atoms with Gasteiger partial charge < -0.3 is 10.1 Å². The average molecular weight is 329 g/mol. The predicted octanol–water partition coefficient (Wildman–Crippen LogP) is 4.08. The second-order valence-corrected chi connectivity index (χ2v) is 6.05. The van der Waals surface area contributed by atoms with Crippen molar-refractivity contribution >= 4 is 5.91 Å². The number of carbonyl (C=O) groups excluding carboxylic acids is 1. The smallest absolute Gasteiger partial charge is 0.220 e. The number of aryl methyl sites for hydroxylation is 1. The second-order valence-electron chi connectivity index (χ2n) is 6.05. The van der Waals surface area contributed by atoms with Crippen LogP contribution >= 0.6 is 0 Å². The Kier molecular flexibility index (Phi) is 6.79. The zero-order valence-corrected chi connectivity index (χ0v) is 14.2. The van der Waals surface area contributed by atoms with E-state index in [1.807, 2.05) is 0 Å². The van der Waals surface area contributed by atoms with Crippen LogP contribution in [0.3, 0.4) is 0 Å². The molecule has 0 atom stereocenters. The summed E-state index contributed by atoms with van der Waals surface area (Å²) in [5.41, 5.74) is 2.47. The summed E-state index contributed by atoms with van der Waals surface area (Å²) in [6, 6.07) is 14.2. The molecule has 0 bridgehead atoms. The van der Waals surface area contributed by atoms with E-state index in [1.165, 1.54) is 17.7 Å². The minimum Gasteiger partial charge on any atom is -0.492 e. The Morgan fingerprint density at radius 2 is 1.75 bits per heavy atom. The summed E-state index contributed by atoms with van der Waals surface area (Å²) in [6.45, 7) is 5.12. The fraction of sp³-hybridized carbons (Fsp3) is 0.350. The first kappa shape index (κ1) is 18.0. The molecule has 0 radical (unpaired) electrons. The molecule has 0 fully saturated rings. The van der Waals surface area contributed by atoms with E-state index in [2.05, 4.69) is 43.4 Å². The van der Waals surface area contributed by atoms with E-state index < -0.39 is 0 Å². The summed E-state index contributed by atoms with van der Waals surface area (Å²) in [7, 11) is 0. The van der Waals surface area contributed by atoms with Crippen LogP contribution in [0.15, 0.2) is 48.5 Å². The Morgan fingerprint density at radius 1 is 1.08 bits per heavy atom. The molecular weight excluding hydrogens is 305 g/mol. The number of benzene rings is 2. The molecule has 2 aromatic carbocycles. The highest BCUT2D eigenvalue weighted by atomic mass is 19.1. The summed E-state index contributed by atoms with van der Waals surface area (Å²) >= 11 is 0. The lowest BCUT2D eigenvalue weighted by atomic mass is 10.0. The van der Waals surface area contributed by atoms with Crippen molar-refractivity contribution in [3.05, 3.63) is 65.5 Å². The van der Waals surface area contributed by atoms with E-state index >= 15 is 0 Å². The van der Waals surface area contributed by atoms with Gasteiger partial charge in [-0.3, -0.25) is 4.79 Å². The molecule has 0 saturated carbocycles. The first-order valence-corrected chi connectivity index (χ1v) is 8.28. The Balaban J connectivity index is 1.63. The summed E-state index contributed by atoms with van der Waals surface area (Å²) in [4.78, 5) is 11.8. The molecule has 1 amide bonds. The molecule has 0 aliphatic rings. The van der Waals surface area contributed by atoms with Gasteiger partial charge >= 0.3 is 0 Å². The van der Waals surface area contributed by atoms with E-state index in [4.69, 9.17) is 4.74 Å². The first-order valence-electron chi connectivity index (χ1n) is 8.28. The number of nitrogens with one attached hydrogen (secondary N) is 1. The van der Waals surface area contributed by atoms with Gasteiger partial charge in [-0.2, -0.15) is 0 Å². The quantitative estimate of drug-likeness (QED) is 0.741. The number of amides is 1. The Morgan fingerprint density at radius 3 is 2.38 bits per heavy atom. The van der Waals surface area contributed by atoms with Gasteiger partial charge in [-0.15, -0.1) is 0 Å². The van der Waals surface area contributed by atoms with Crippen molar-refractivity contribution in [1.29, 1.82) is 0 Å². The zero-order valence-electron chi connectivity index (χ0n) is 14.2. The fourth-order valence-electron chi connectivity index (χ4n) is 2.31. The number of ether oxygens (including phenoxy) is 1. The molecular formula is C20H24FNO2. The van der Waals surface area contributed by atoms with Crippen LogP contribution in [-0.2, 0) is 11.2 Å². The first-order chi connectivity index (χ1) is 11.5. The van der Waals surface area contributed by atoms with Gasteiger partial charge in [-0.05, 0) is 47.7 Å². The van der Waals surface area contributed by atoms with Crippen LogP contribution in [0.2, 0.25) is 0 Å². The molecule has 128 valence electrons. The van der Waals surface area contributed by atoms with E-state index in [0.717, 1.165) is 12.0 Å². The number of rotatable bonds is 8. The molecule has 24 heavy (non-hydrogen) atoms. The molecule has 0 aromatic heterocycles. The van der Waals surface area contributed by atoms with Crippen LogP contribution in [0.25, 0.3) is 0 Å². The van der Waals surface area contributed by atoms with Crippen molar-refractivity contribution in [2.75, 3.05) is 13.2 Å². The molecule has 0 saturated heterocycles. The van der Waals surface area contributed by atoms with Crippen molar-refractivity contribution in [2.45, 2.75) is 32.6 Å². The highest BCUT2D eigenvalue weighted by molar-refractivity contribution is 5.76. The predicted molar refractivity (Wildman–Crippen MR) is 93.8 cm³/mol.